The molecule has 0 unspecified atom stereocenters. The summed E-state index contributed by atoms with van der Waals surface area (Å²) in [5.41, 5.74) is 1.20. The fourth-order valence-corrected chi connectivity index (χ4v) is 2.79. The number of amides is 3. The van der Waals surface area contributed by atoms with Crippen molar-refractivity contribution in [2.45, 2.75) is 12.8 Å². The molecule has 1 aliphatic heterocycles. The Morgan fingerprint density at radius 3 is 2.64 bits per heavy atom. The second-order valence-electron chi connectivity index (χ2n) is 6.20. The van der Waals surface area contributed by atoms with Gasteiger partial charge in [0.05, 0.1) is 17.9 Å². The predicted molar refractivity (Wildman–Crippen MR) is 102 cm³/mol. The molecule has 0 spiro atoms. The first kappa shape index (κ1) is 19.3. The van der Waals surface area contributed by atoms with Crippen molar-refractivity contribution >= 4 is 29.1 Å². The minimum absolute atomic E-state index is 0.00767. The summed E-state index contributed by atoms with van der Waals surface area (Å²) in [5, 5.41) is 5.38. The van der Waals surface area contributed by atoms with Crippen molar-refractivity contribution in [2.24, 2.45) is 0 Å². The van der Waals surface area contributed by atoms with Crippen molar-refractivity contribution in [3.8, 4) is 5.75 Å². The Kier molecular flexibility index (Phi) is 6.21. The lowest BCUT2D eigenvalue weighted by molar-refractivity contribution is -0.125. The summed E-state index contributed by atoms with van der Waals surface area (Å²) in [5.74, 6) is -0.688. The molecule has 2 aromatic rings. The Hall–Kier alpha value is -3.42. The Morgan fingerprint density at radius 1 is 1.11 bits per heavy atom. The van der Waals surface area contributed by atoms with E-state index in [1.54, 1.807) is 24.3 Å². The Morgan fingerprint density at radius 2 is 1.86 bits per heavy atom. The maximum absolute atomic E-state index is 12.8. The number of nitrogens with zero attached hydrogens (tertiary/aromatic N) is 1. The molecule has 8 heteroatoms. The fraction of sp³-hybridized carbons (Fsp3) is 0.250. The van der Waals surface area contributed by atoms with E-state index in [1.807, 2.05) is 0 Å². The third-order valence-corrected chi connectivity index (χ3v) is 4.14. The maximum Gasteiger partial charge on any atom is 0.244 e. The standard InChI is InChI=1S/C20H20FN3O4/c21-14-5-7-15(8-6-14)28-12-11-22-18(25)9-10-20(27)24-13-19(26)23-16-3-1-2-4-17(16)24/h1-8H,9-13H2,(H,22,25)(H,23,26). The molecular weight excluding hydrogens is 365 g/mol. The number of nitrogens with one attached hydrogen (secondary N) is 2. The molecule has 2 N–H and O–H groups in total. The molecule has 0 atom stereocenters. The minimum atomic E-state index is -0.348. The van der Waals surface area contributed by atoms with E-state index in [2.05, 4.69) is 10.6 Å². The van der Waals surface area contributed by atoms with Crippen LogP contribution in [-0.4, -0.2) is 37.4 Å². The Bertz CT molecular complexity index is 870. The quantitative estimate of drug-likeness (QED) is 0.715. The third-order valence-electron chi connectivity index (χ3n) is 4.14. The molecule has 1 heterocycles. The van der Waals surface area contributed by atoms with Crippen molar-refractivity contribution in [1.82, 2.24) is 5.32 Å². The largest absolute Gasteiger partial charge is 0.492 e. The summed E-state index contributed by atoms with van der Waals surface area (Å²) in [6.45, 7) is 0.424. The number of ether oxygens (including phenoxy) is 1. The smallest absolute Gasteiger partial charge is 0.244 e. The van der Waals surface area contributed by atoms with E-state index in [0.717, 1.165) is 0 Å². The molecule has 3 amide bonds. The zero-order valence-corrected chi connectivity index (χ0v) is 15.1. The number of carbonyl (C=O) groups is 3. The normalized spacial score (nSPS) is 12.8. The molecule has 1 aliphatic rings. The van der Waals surface area contributed by atoms with Crippen LogP contribution in [0.2, 0.25) is 0 Å². The summed E-state index contributed by atoms with van der Waals surface area (Å²) in [4.78, 5) is 37.6. The number of benzene rings is 2. The van der Waals surface area contributed by atoms with E-state index in [-0.39, 0.29) is 56.1 Å². The fourth-order valence-electron chi connectivity index (χ4n) is 2.79. The molecule has 0 bridgehead atoms. The molecule has 28 heavy (non-hydrogen) atoms. The van der Waals surface area contributed by atoms with Gasteiger partial charge in [-0.1, -0.05) is 12.1 Å². The van der Waals surface area contributed by atoms with Crippen LogP contribution in [0.5, 0.6) is 5.75 Å². The van der Waals surface area contributed by atoms with Crippen LogP contribution < -0.4 is 20.3 Å². The van der Waals surface area contributed by atoms with Crippen molar-refractivity contribution in [3.05, 3.63) is 54.3 Å². The van der Waals surface area contributed by atoms with E-state index < -0.39 is 0 Å². The van der Waals surface area contributed by atoms with E-state index in [4.69, 9.17) is 4.74 Å². The predicted octanol–water partition coefficient (Wildman–Crippen LogP) is 2.09. The lowest BCUT2D eigenvalue weighted by atomic mass is 10.1. The van der Waals surface area contributed by atoms with Gasteiger partial charge in [0.15, 0.2) is 0 Å². The van der Waals surface area contributed by atoms with Crippen LogP contribution in [-0.2, 0) is 14.4 Å². The SMILES string of the molecule is O=C(CCC(=O)N1CC(=O)Nc2ccccc21)NCCOc1ccc(F)cc1. The molecule has 0 aromatic heterocycles. The second kappa shape index (κ2) is 8.98. The van der Waals surface area contributed by atoms with Crippen LogP contribution in [0, 0.1) is 5.82 Å². The highest BCUT2D eigenvalue weighted by Crippen LogP contribution is 2.29. The Balaban J connectivity index is 1.41. The van der Waals surface area contributed by atoms with Crippen molar-refractivity contribution < 1.29 is 23.5 Å². The van der Waals surface area contributed by atoms with Crippen LogP contribution in [0.3, 0.4) is 0 Å². The molecule has 146 valence electrons. The molecule has 0 aliphatic carbocycles. The number of halogens is 1. The molecule has 2 aromatic carbocycles. The molecule has 7 nitrogen and oxygen atoms in total. The number of anilines is 2. The molecular formula is C20H20FN3O4. The van der Waals surface area contributed by atoms with Crippen LogP contribution in [0.15, 0.2) is 48.5 Å². The number of hydrogen-bond acceptors (Lipinski definition) is 4. The lowest BCUT2D eigenvalue weighted by Crippen LogP contribution is -2.42. The Labute approximate surface area is 161 Å². The van der Waals surface area contributed by atoms with Crippen LogP contribution in [0.1, 0.15) is 12.8 Å². The maximum atomic E-state index is 12.8. The number of para-hydroxylation sites is 2. The highest BCUT2D eigenvalue weighted by Gasteiger charge is 2.26. The number of rotatable bonds is 7. The van der Waals surface area contributed by atoms with E-state index in [1.165, 1.54) is 29.2 Å². The summed E-state index contributed by atoms with van der Waals surface area (Å²) in [7, 11) is 0. The first-order valence-electron chi connectivity index (χ1n) is 8.87. The van der Waals surface area contributed by atoms with Crippen molar-refractivity contribution in [2.75, 3.05) is 29.9 Å². The number of carbonyl (C=O) groups excluding carboxylic acids is 3. The van der Waals surface area contributed by atoms with Gasteiger partial charge < -0.3 is 20.3 Å². The highest BCUT2D eigenvalue weighted by atomic mass is 19.1. The molecule has 0 fully saturated rings. The van der Waals surface area contributed by atoms with Gasteiger partial charge in [-0.2, -0.15) is 0 Å². The van der Waals surface area contributed by atoms with Gasteiger partial charge in [0.2, 0.25) is 17.7 Å². The van der Waals surface area contributed by atoms with Crippen LogP contribution >= 0.6 is 0 Å². The summed E-state index contributed by atoms with van der Waals surface area (Å²) < 4.78 is 18.2. The minimum Gasteiger partial charge on any atom is -0.492 e. The topological polar surface area (TPSA) is 87.7 Å². The highest BCUT2D eigenvalue weighted by molar-refractivity contribution is 6.10. The van der Waals surface area contributed by atoms with Gasteiger partial charge in [-0.25, -0.2) is 4.39 Å². The van der Waals surface area contributed by atoms with Gasteiger partial charge in [-0.05, 0) is 36.4 Å². The van der Waals surface area contributed by atoms with Crippen molar-refractivity contribution in [3.63, 3.8) is 0 Å². The number of fused-ring (bicyclic) bond motifs is 1. The molecule has 0 saturated carbocycles. The van der Waals surface area contributed by atoms with Crippen molar-refractivity contribution in [1.29, 1.82) is 0 Å². The lowest BCUT2D eigenvalue weighted by Gasteiger charge is -2.29. The zero-order chi connectivity index (χ0) is 19.9. The van der Waals surface area contributed by atoms with E-state index in [0.29, 0.717) is 17.1 Å². The summed E-state index contributed by atoms with van der Waals surface area (Å²) in [6, 6.07) is 12.6. The van der Waals surface area contributed by atoms with E-state index in [9.17, 15) is 18.8 Å². The molecule has 3 rings (SSSR count). The second-order valence-corrected chi connectivity index (χ2v) is 6.20. The summed E-state index contributed by atoms with van der Waals surface area (Å²) in [6.07, 6.45) is 0.00192. The average Bonchev–Trinajstić information content (AvgIpc) is 2.70. The first-order chi connectivity index (χ1) is 13.5. The zero-order valence-electron chi connectivity index (χ0n) is 15.1. The van der Waals surface area contributed by atoms with Gasteiger partial charge in [0.25, 0.3) is 0 Å². The van der Waals surface area contributed by atoms with Gasteiger partial charge in [0, 0.05) is 12.8 Å². The van der Waals surface area contributed by atoms with Gasteiger partial charge in [0.1, 0.15) is 24.7 Å². The number of hydrogen-bond donors (Lipinski definition) is 2. The van der Waals surface area contributed by atoms with Gasteiger partial charge in [-0.3, -0.25) is 14.4 Å². The molecule has 0 saturated heterocycles. The third kappa shape index (κ3) is 5.06. The monoisotopic (exact) mass is 385 g/mol. The average molecular weight is 385 g/mol. The molecule has 0 radical (unpaired) electrons. The van der Waals surface area contributed by atoms with Crippen LogP contribution in [0.25, 0.3) is 0 Å². The van der Waals surface area contributed by atoms with Crippen LogP contribution in [0.4, 0.5) is 15.8 Å². The first-order valence-corrected chi connectivity index (χ1v) is 8.87. The van der Waals surface area contributed by atoms with Gasteiger partial charge in [-0.15, -0.1) is 0 Å². The van der Waals surface area contributed by atoms with Gasteiger partial charge >= 0.3 is 0 Å². The van der Waals surface area contributed by atoms with E-state index >= 15 is 0 Å². The summed E-state index contributed by atoms with van der Waals surface area (Å²) >= 11 is 0.